The van der Waals surface area contributed by atoms with Gasteiger partial charge in [-0.3, -0.25) is 32.5 Å². The van der Waals surface area contributed by atoms with E-state index in [-0.39, 0.29) is 34.5 Å². The van der Waals surface area contributed by atoms with Gasteiger partial charge in [0.05, 0.1) is 25.6 Å². The van der Waals surface area contributed by atoms with E-state index in [9.17, 15) is 28.4 Å². The Morgan fingerprint density at radius 1 is 1.08 bits per heavy atom. The van der Waals surface area contributed by atoms with E-state index in [1.807, 2.05) is 4.98 Å². The van der Waals surface area contributed by atoms with Gasteiger partial charge < -0.3 is 44.8 Å². The lowest BCUT2D eigenvalue weighted by atomic mass is 10.1. The van der Waals surface area contributed by atoms with E-state index < -0.39 is 106 Å². The number of carbonyl (C=O) groups excluding carboxylic acids is 1. The number of halogens is 2. The van der Waals surface area contributed by atoms with Crippen LogP contribution in [-0.4, -0.2) is 97.2 Å². The summed E-state index contributed by atoms with van der Waals surface area (Å²) in [5, 5.41) is 0. The summed E-state index contributed by atoms with van der Waals surface area (Å²) in [6.45, 7) is -3.74. The molecule has 3 aliphatic heterocycles. The van der Waals surface area contributed by atoms with Crippen LogP contribution in [0.25, 0.3) is 11.2 Å². The zero-order valence-electron chi connectivity index (χ0n) is 26.7. The number of aromatic nitrogens is 6. The fourth-order valence-electron chi connectivity index (χ4n) is 5.14. The third kappa shape index (κ3) is 8.33. The Bertz CT molecular complexity index is 1950. The number of quaternary nitrogens is 1. The maximum Gasteiger partial charge on any atom is 0.509 e. The van der Waals surface area contributed by atoms with Gasteiger partial charge in [-0.25, -0.2) is 37.9 Å². The summed E-state index contributed by atoms with van der Waals surface area (Å²) < 4.78 is 103. The molecule has 6 rings (SSSR count). The number of hydrogen-bond acceptors (Lipinski definition) is 19. The van der Waals surface area contributed by atoms with Gasteiger partial charge in [0.1, 0.15) is 36.3 Å². The molecular weight excluding hydrogens is 756 g/mol. The largest absolute Gasteiger partial charge is 0.756 e. The third-order valence-corrected chi connectivity index (χ3v) is 11.6. The van der Waals surface area contributed by atoms with Crippen molar-refractivity contribution in [3.63, 3.8) is 0 Å². The molecule has 27 heteroatoms. The van der Waals surface area contributed by atoms with E-state index in [1.54, 1.807) is 13.8 Å². The normalized spacial score (nSPS) is 34.2. The quantitative estimate of drug-likeness (QED) is 0.181. The lowest BCUT2D eigenvalue weighted by Gasteiger charge is -2.30. The smallest absolute Gasteiger partial charge is 0.509 e. The molecule has 3 fully saturated rings. The summed E-state index contributed by atoms with van der Waals surface area (Å²) in [6, 6.07) is 0.899. The van der Waals surface area contributed by atoms with Crippen LogP contribution in [0.5, 0.6) is 0 Å². The molecule has 22 nitrogen and oxygen atoms in total. The van der Waals surface area contributed by atoms with Crippen molar-refractivity contribution in [1.29, 1.82) is 0 Å². The van der Waals surface area contributed by atoms with Crippen molar-refractivity contribution in [3.8, 4) is 0 Å². The molecule has 2 unspecified atom stereocenters. The van der Waals surface area contributed by atoms with Crippen molar-refractivity contribution < 1.29 is 64.6 Å². The summed E-state index contributed by atoms with van der Waals surface area (Å²) in [4.78, 5) is 63.2. The Balaban J connectivity index is 0.00000504. The number of aromatic amines is 1. The molecule has 0 aliphatic carbocycles. The fourth-order valence-corrected chi connectivity index (χ4v) is 8.80. The first kappa shape index (κ1) is 38.9. The number of nitrogens with two attached hydrogens (primary N) is 1. The third-order valence-electron chi connectivity index (χ3n) is 7.33. The first-order valence-electron chi connectivity index (χ1n) is 14.5. The molecular formula is C24H32F2N8O14P2S. The molecule has 51 heavy (non-hydrogen) atoms. The number of carbonyl (C=O) groups is 1. The highest BCUT2D eigenvalue weighted by atomic mass is 32.7. The summed E-state index contributed by atoms with van der Waals surface area (Å²) in [5.41, 5.74) is 4.01. The first-order chi connectivity index (χ1) is 23.6. The Labute approximate surface area is 288 Å². The number of phosphoric ester groups is 1. The van der Waals surface area contributed by atoms with Gasteiger partial charge >= 0.3 is 18.6 Å². The van der Waals surface area contributed by atoms with Crippen molar-refractivity contribution >= 4 is 49.1 Å². The first-order valence-corrected chi connectivity index (χ1v) is 19.1. The van der Waals surface area contributed by atoms with E-state index in [0.29, 0.717) is 4.57 Å². The van der Waals surface area contributed by atoms with Crippen LogP contribution in [0.3, 0.4) is 0 Å². The summed E-state index contributed by atoms with van der Waals surface area (Å²) in [7, 11) is -5.51. The van der Waals surface area contributed by atoms with Gasteiger partial charge in [-0.05, 0) is 13.8 Å². The Hall–Kier alpha value is -3.35. The lowest BCUT2D eigenvalue weighted by Crippen LogP contribution is -2.38. The topological polar surface area (TPSA) is 309 Å². The van der Waals surface area contributed by atoms with Crippen LogP contribution < -0.4 is 28.0 Å². The molecule has 0 aromatic carbocycles. The summed E-state index contributed by atoms with van der Waals surface area (Å²) >= 11 is 0.227. The minimum atomic E-state index is -5.51. The van der Waals surface area contributed by atoms with Crippen LogP contribution in [0, 0.1) is 0 Å². The molecule has 0 radical (unpaired) electrons. The zero-order valence-corrected chi connectivity index (χ0v) is 29.3. The van der Waals surface area contributed by atoms with E-state index in [0.717, 1.165) is 29.5 Å². The highest BCUT2D eigenvalue weighted by Crippen LogP contribution is 2.64. The Morgan fingerprint density at radius 3 is 2.39 bits per heavy atom. The van der Waals surface area contributed by atoms with Gasteiger partial charge in [0.15, 0.2) is 42.2 Å². The number of ether oxygens (including phenoxy) is 4. The number of anilines is 1. The summed E-state index contributed by atoms with van der Waals surface area (Å²) in [5.74, 6) is -0.797. The molecule has 6 heterocycles. The highest BCUT2D eigenvalue weighted by Gasteiger charge is 2.54. The van der Waals surface area contributed by atoms with Gasteiger partial charge in [-0.2, -0.15) is 0 Å². The maximum absolute atomic E-state index is 16.1. The number of fused-ring (bicyclic) bond motifs is 5. The van der Waals surface area contributed by atoms with E-state index in [4.69, 9.17) is 42.8 Å². The van der Waals surface area contributed by atoms with Gasteiger partial charge in [-0.15, -0.1) is 0 Å². The second-order valence-electron chi connectivity index (χ2n) is 11.1. The highest BCUT2D eigenvalue weighted by molar-refractivity contribution is 8.55. The van der Waals surface area contributed by atoms with Crippen LogP contribution >= 0.6 is 26.0 Å². The number of H-pyrrole nitrogens is 1. The molecule has 0 amide bonds. The average Bonchev–Trinajstić information content (AvgIpc) is 3.69. The number of phosphoric acid groups is 1. The standard InChI is InChI=1S/C24H29F2N7O14P2S.H3N/c1-10(2)43-24(36)40-9-50-49(39)42-6-12-14(25)17(22(45-12)33-8-30-16-19(27)28-7-29-20(16)33)46-48(37,38)41-5-11-15(26)18(47-49)21(44-11)32-4-3-13(34)31-23(32)35;/h3-4,7-8,10-12,14-15,17-18,21-22H,5-6,9H2,1-2H3,(H,37,38)(H2,27,28,29)(H,31,34,35);1H3/t11-,12-,14-,15-,17-,18-,21-,22-,49?;/m1./s1. The minimum Gasteiger partial charge on any atom is -0.756 e. The van der Waals surface area contributed by atoms with E-state index >= 15 is 8.78 Å². The number of alkyl halides is 2. The monoisotopic (exact) mass is 788 g/mol. The number of nitrogens with one attached hydrogen (secondary N) is 1. The molecule has 7 N–H and O–H groups in total. The van der Waals surface area contributed by atoms with E-state index in [2.05, 4.69) is 15.0 Å². The lowest BCUT2D eigenvalue weighted by molar-refractivity contribution is -0.236. The average molecular weight is 789 g/mol. The second-order valence-corrected chi connectivity index (χ2v) is 16.4. The van der Waals surface area contributed by atoms with Crippen molar-refractivity contribution in [1.82, 2.24) is 35.2 Å². The second kappa shape index (κ2) is 15.3. The molecule has 3 aromatic heterocycles. The molecule has 3 aromatic rings. The molecule has 3 aliphatic rings. The molecule has 4 bridgehead atoms. The predicted molar refractivity (Wildman–Crippen MR) is 167 cm³/mol. The van der Waals surface area contributed by atoms with Crippen molar-refractivity contribution in [2.24, 2.45) is 0 Å². The van der Waals surface area contributed by atoms with Gasteiger partial charge in [0.25, 0.3) is 13.4 Å². The number of imidazole rings is 1. The molecule has 282 valence electrons. The van der Waals surface area contributed by atoms with Crippen molar-refractivity contribution in [2.75, 3.05) is 24.9 Å². The molecule has 10 atom stereocenters. The van der Waals surface area contributed by atoms with Crippen LogP contribution in [-0.2, 0) is 46.2 Å². The number of nitrogens with zero attached hydrogens (tertiary/aromatic N) is 5. The van der Waals surface area contributed by atoms with Crippen LogP contribution in [0.2, 0.25) is 0 Å². The van der Waals surface area contributed by atoms with Gasteiger partial charge in [0, 0.05) is 23.6 Å². The predicted octanol–water partition coefficient (Wildman–Crippen LogP) is 1.45. The van der Waals surface area contributed by atoms with Crippen molar-refractivity contribution in [2.45, 2.75) is 69.2 Å². The molecule has 0 saturated carbocycles. The van der Waals surface area contributed by atoms with E-state index in [1.165, 1.54) is 0 Å². The van der Waals surface area contributed by atoms with Gasteiger partial charge in [-0.1, -0.05) is 0 Å². The van der Waals surface area contributed by atoms with Crippen LogP contribution in [0.1, 0.15) is 26.3 Å². The number of nitrogen functional groups attached to an aromatic ring is 1. The van der Waals surface area contributed by atoms with Crippen molar-refractivity contribution in [3.05, 3.63) is 45.8 Å². The zero-order chi connectivity index (χ0) is 36.0. The molecule has 0 spiro atoms. The maximum atomic E-state index is 16.1. The Kier molecular flexibility index (Phi) is 11.7. The Morgan fingerprint density at radius 2 is 1.73 bits per heavy atom. The molecule has 3 saturated heterocycles. The SMILES string of the molecule is CC(C)OC(=O)OCSP1(=O)OC[C@H]2O[C@@H](n3cnc4c(N)ncnc43)[C@H](OP(=O)([O-])OC[C@H]3O[C@@H](n4ccc(=O)[nH]c4=O)[C@H](O1)[C@@H]3F)[C@@H]2F.[NH4+]. The number of hydrogen-bond donors (Lipinski definition) is 3. The fraction of sp³-hybridized carbons (Fsp3) is 0.583. The van der Waals surface area contributed by atoms with Gasteiger partial charge in [0.2, 0.25) is 0 Å². The number of rotatable bonds is 6. The minimum absolute atomic E-state index is 0. The van der Waals surface area contributed by atoms with Crippen LogP contribution in [0.4, 0.5) is 19.4 Å². The summed E-state index contributed by atoms with van der Waals surface area (Å²) in [6.07, 6.45) is -14.3. The van der Waals surface area contributed by atoms with Crippen LogP contribution in [0.15, 0.2) is 34.5 Å².